The number of fused-ring (bicyclic) bond motifs is 1. The van der Waals surface area contributed by atoms with Gasteiger partial charge < -0.3 is 15.6 Å². The maximum absolute atomic E-state index is 11.9. The van der Waals surface area contributed by atoms with Gasteiger partial charge in [-0.1, -0.05) is 18.2 Å². The van der Waals surface area contributed by atoms with Crippen molar-refractivity contribution in [1.29, 1.82) is 0 Å². The van der Waals surface area contributed by atoms with Gasteiger partial charge in [0.1, 0.15) is 5.56 Å². The van der Waals surface area contributed by atoms with Crippen molar-refractivity contribution in [3.8, 4) is 0 Å². The molecule has 0 atom stereocenters. The fourth-order valence-electron chi connectivity index (χ4n) is 2.31. The van der Waals surface area contributed by atoms with E-state index in [2.05, 4.69) is 15.6 Å². The second kappa shape index (κ2) is 5.37. The Morgan fingerprint density at radius 1 is 1.19 bits per heavy atom. The molecule has 1 aliphatic rings. The highest BCUT2D eigenvalue weighted by Crippen LogP contribution is 2.16. The molecule has 0 fully saturated rings. The fraction of sp³-hybridized carbons (Fsp3) is 0.214. The fourth-order valence-corrected chi connectivity index (χ4v) is 2.31. The minimum Gasteiger partial charge on any atom is -0.348 e. The van der Waals surface area contributed by atoms with Crippen molar-refractivity contribution >= 4 is 5.91 Å². The van der Waals surface area contributed by atoms with Gasteiger partial charge in [-0.15, -0.1) is 0 Å². The minimum absolute atomic E-state index is 0.113. The summed E-state index contributed by atoms with van der Waals surface area (Å²) in [6.07, 6.45) is 1.11. The predicted octanol–water partition coefficient (Wildman–Crippen LogP) is -0.404. The summed E-state index contributed by atoms with van der Waals surface area (Å²) < 4.78 is 0. The molecule has 0 radical (unpaired) electrons. The molecule has 0 unspecified atom stereocenters. The van der Waals surface area contributed by atoms with Crippen LogP contribution >= 0.6 is 0 Å². The molecule has 0 saturated carbocycles. The molecule has 1 aromatic heterocycles. The quantitative estimate of drug-likeness (QED) is 0.615. The van der Waals surface area contributed by atoms with Gasteiger partial charge >= 0.3 is 5.69 Å². The molecule has 0 aliphatic carbocycles. The molecule has 7 heteroatoms. The van der Waals surface area contributed by atoms with E-state index in [-0.39, 0.29) is 5.56 Å². The summed E-state index contributed by atoms with van der Waals surface area (Å²) in [5.41, 5.74) is 2.01. The zero-order valence-corrected chi connectivity index (χ0v) is 11.2. The summed E-state index contributed by atoms with van der Waals surface area (Å²) in [6.45, 7) is 2.02. The first-order valence-corrected chi connectivity index (χ1v) is 6.55. The number of benzene rings is 1. The van der Waals surface area contributed by atoms with Gasteiger partial charge in [-0.25, -0.2) is 4.79 Å². The van der Waals surface area contributed by atoms with E-state index >= 15 is 0 Å². The smallest absolute Gasteiger partial charge is 0.325 e. The van der Waals surface area contributed by atoms with Gasteiger partial charge in [0.25, 0.3) is 11.5 Å². The Labute approximate surface area is 119 Å². The van der Waals surface area contributed by atoms with E-state index in [0.717, 1.165) is 24.8 Å². The lowest BCUT2D eigenvalue weighted by atomic mass is 10.1. The average Bonchev–Trinajstić information content (AvgIpc) is 2.92. The predicted molar refractivity (Wildman–Crippen MR) is 75.8 cm³/mol. The number of rotatable bonds is 3. The van der Waals surface area contributed by atoms with E-state index in [9.17, 15) is 14.4 Å². The number of H-pyrrole nitrogens is 2. The summed E-state index contributed by atoms with van der Waals surface area (Å²) >= 11 is 0. The van der Waals surface area contributed by atoms with Gasteiger partial charge in [0.15, 0.2) is 0 Å². The Kier molecular flexibility index (Phi) is 3.41. The molecule has 108 valence electrons. The first-order chi connectivity index (χ1) is 10.1. The summed E-state index contributed by atoms with van der Waals surface area (Å²) in [6, 6.07) is 6.01. The third kappa shape index (κ3) is 2.77. The van der Waals surface area contributed by atoms with Crippen LogP contribution in [-0.2, 0) is 19.6 Å². The standard InChI is InChI=1S/C14H14N4O3/c19-12(11-7-17-14(21)18-13(11)20)16-4-8-1-2-9-5-15-6-10(9)3-8/h1-3,7,15H,4-6H2,(H,16,19)(H2,17,18,20,21). The number of carbonyl (C=O) groups is 1. The molecule has 7 nitrogen and oxygen atoms in total. The lowest BCUT2D eigenvalue weighted by Crippen LogP contribution is -2.33. The van der Waals surface area contributed by atoms with Gasteiger partial charge in [-0.3, -0.25) is 14.6 Å². The molecule has 3 rings (SSSR count). The van der Waals surface area contributed by atoms with E-state index in [0.29, 0.717) is 6.54 Å². The molecule has 0 spiro atoms. The minimum atomic E-state index is -0.700. The molecular weight excluding hydrogens is 272 g/mol. The topological polar surface area (TPSA) is 107 Å². The Morgan fingerprint density at radius 3 is 2.81 bits per heavy atom. The van der Waals surface area contributed by atoms with Crippen molar-refractivity contribution in [3.63, 3.8) is 0 Å². The summed E-state index contributed by atoms with van der Waals surface area (Å²) in [5.74, 6) is -0.522. The number of aromatic amines is 2. The van der Waals surface area contributed by atoms with Crippen LogP contribution in [0.25, 0.3) is 0 Å². The van der Waals surface area contributed by atoms with Crippen LogP contribution in [-0.4, -0.2) is 15.9 Å². The van der Waals surface area contributed by atoms with Crippen LogP contribution < -0.4 is 21.9 Å². The van der Waals surface area contributed by atoms with Crippen molar-refractivity contribution in [2.24, 2.45) is 0 Å². The van der Waals surface area contributed by atoms with Crippen LogP contribution in [0.4, 0.5) is 0 Å². The van der Waals surface area contributed by atoms with Crippen LogP contribution in [0.2, 0.25) is 0 Å². The number of aromatic nitrogens is 2. The molecule has 2 heterocycles. The summed E-state index contributed by atoms with van der Waals surface area (Å²) in [5, 5.41) is 5.92. The van der Waals surface area contributed by atoms with Crippen LogP contribution in [0.3, 0.4) is 0 Å². The maximum Gasteiger partial charge on any atom is 0.325 e. The first-order valence-electron chi connectivity index (χ1n) is 6.55. The van der Waals surface area contributed by atoms with Crippen LogP contribution in [0.5, 0.6) is 0 Å². The van der Waals surface area contributed by atoms with Crippen molar-refractivity contribution in [2.75, 3.05) is 0 Å². The molecule has 2 aromatic rings. The number of amides is 1. The number of nitrogens with one attached hydrogen (secondary N) is 4. The highest BCUT2D eigenvalue weighted by atomic mass is 16.2. The summed E-state index contributed by atoms with van der Waals surface area (Å²) in [4.78, 5) is 38.6. The normalized spacial score (nSPS) is 13.0. The van der Waals surface area contributed by atoms with Crippen molar-refractivity contribution in [2.45, 2.75) is 19.6 Å². The SMILES string of the molecule is O=C(NCc1ccc2c(c1)CNC2)c1c[nH]c(=O)[nH]c1=O. The highest BCUT2D eigenvalue weighted by Gasteiger charge is 2.12. The molecule has 0 saturated heterocycles. The van der Waals surface area contributed by atoms with Gasteiger partial charge in [-0.2, -0.15) is 0 Å². The van der Waals surface area contributed by atoms with Crippen LogP contribution in [0.1, 0.15) is 27.0 Å². The summed E-state index contributed by atoms with van der Waals surface area (Å²) in [7, 11) is 0. The van der Waals surface area contributed by atoms with E-state index in [1.165, 1.54) is 11.1 Å². The number of hydrogen-bond acceptors (Lipinski definition) is 4. The maximum atomic E-state index is 11.9. The van der Waals surface area contributed by atoms with Gasteiger partial charge in [0.2, 0.25) is 0 Å². The Bertz CT molecular complexity index is 806. The van der Waals surface area contributed by atoms with Crippen LogP contribution in [0, 0.1) is 0 Å². The first kappa shape index (κ1) is 13.3. The Morgan fingerprint density at radius 2 is 2.00 bits per heavy atom. The number of carbonyl (C=O) groups excluding carboxylic acids is 1. The van der Waals surface area contributed by atoms with Crippen molar-refractivity contribution in [1.82, 2.24) is 20.6 Å². The van der Waals surface area contributed by atoms with E-state index < -0.39 is 17.2 Å². The molecule has 4 N–H and O–H groups in total. The van der Waals surface area contributed by atoms with Crippen LogP contribution in [0.15, 0.2) is 34.0 Å². The Balaban J connectivity index is 1.71. The monoisotopic (exact) mass is 286 g/mol. The molecular formula is C14H14N4O3. The highest BCUT2D eigenvalue weighted by molar-refractivity contribution is 5.93. The molecule has 1 aromatic carbocycles. The second-order valence-electron chi connectivity index (χ2n) is 4.87. The third-order valence-corrected chi connectivity index (χ3v) is 3.42. The molecule has 21 heavy (non-hydrogen) atoms. The molecule has 1 amide bonds. The molecule has 0 bridgehead atoms. The zero-order chi connectivity index (χ0) is 14.8. The zero-order valence-electron chi connectivity index (χ0n) is 11.2. The Hall–Kier alpha value is -2.67. The van der Waals surface area contributed by atoms with Gasteiger partial charge in [-0.05, 0) is 16.7 Å². The largest absolute Gasteiger partial charge is 0.348 e. The van der Waals surface area contributed by atoms with E-state index in [4.69, 9.17) is 0 Å². The van der Waals surface area contributed by atoms with E-state index in [1.807, 2.05) is 23.2 Å². The third-order valence-electron chi connectivity index (χ3n) is 3.42. The van der Waals surface area contributed by atoms with Gasteiger partial charge in [0.05, 0.1) is 0 Å². The molecule has 1 aliphatic heterocycles. The number of hydrogen-bond donors (Lipinski definition) is 4. The second-order valence-corrected chi connectivity index (χ2v) is 4.87. The average molecular weight is 286 g/mol. The van der Waals surface area contributed by atoms with Crippen molar-refractivity contribution < 1.29 is 4.79 Å². The lowest BCUT2D eigenvalue weighted by molar-refractivity contribution is 0.0949. The lowest BCUT2D eigenvalue weighted by Gasteiger charge is -2.06. The van der Waals surface area contributed by atoms with Gasteiger partial charge in [0, 0.05) is 25.8 Å². The van der Waals surface area contributed by atoms with E-state index in [1.54, 1.807) is 0 Å². The van der Waals surface area contributed by atoms with Crippen molar-refractivity contribution in [3.05, 3.63) is 67.5 Å².